The quantitative estimate of drug-likeness (QED) is 0.777. The van der Waals surface area contributed by atoms with Gasteiger partial charge in [-0.1, -0.05) is 13.8 Å². The molecule has 86 valence electrons. The van der Waals surface area contributed by atoms with Gasteiger partial charge in [0.2, 0.25) is 0 Å². The molecule has 1 unspecified atom stereocenters. The van der Waals surface area contributed by atoms with E-state index in [0.717, 1.165) is 19.8 Å². The van der Waals surface area contributed by atoms with Gasteiger partial charge in [0, 0.05) is 30.3 Å². The van der Waals surface area contributed by atoms with E-state index in [1.165, 1.54) is 4.88 Å². The average molecular weight is 228 g/mol. The number of rotatable bonds is 7. The van der Waals surface area contributed by atoms with Gasteiger partial charge in [-0.3, -0.25) is 4.98 Å². The van der Waals surface area contributed by atoms with Crippen molar-refractivity contribution in [2.24, 2.45) is 5.92 Å². The highest BCUT2D eigenvalue weighted by atomic mass is 32.1. The summed E-state index contributed by atoms with van der Waals surface area (Å²) in [5.74, 6) is 0.610. The van der Waals surface area contributed by atoms with Crippen LogP contribution in [0.4, 0.5) is 0 Å². The Balaban J connectivity index is 2.06. The van der Waals surface area contributed by atoms with E-state index in [2.05, 4.69) is 31.1 Å². The van der Waals surface area contributed by atoms with Gasteiger partial charge in [0.25, 0.3) is 0 Å². The minimum Gasteiger partial charge on any atom is -0.380 e. The fourth-order valence-electron chi connectivity index (χ4n) is 1.14. The lowest BCUT2D eigenvalue weighted by molar-refractivity contribution is 0.0936. The molecular formula is C11H20N2OS. The summed E-state index contributed by atoms with van der Waals surface area (Å²) in [7, 11) is 0. The Morgan fingerprint density at radius 2 is 2.20 bits per heavy atom. The molecule has 3 nitrogen and oxygen atoms in total. The zero-order chi connectivity index (χ0) is 11.1. The first-order valence-electron chi connectivity index (χ1n) is 5.37. The molecule has 0 saturated carbocycles. The van der Waals surface area contributed by atoms with Crippen LogP contribution in [0.1, 0.15) is 25.6 Å². The number of thiazole rings is 1. The smallest absolute Gasteiger partial charge is 0.0794 e. The summed E-state index contributed by atoms with van der Waals surface area (Å²) >= 11 is 1.68. The summed E-state index contributed by atoms with van der Waals surface area (Å²) in [6.07, 6.45) is 1.90. The van der Waals surface area contributed by atoms with Crippen LogP contribution in [-0.4, -0.2) is 24.2 Å². The standard InChI is InChI=1S/C11H20N2OS/c1-9(2)6-14-7-10(3)13-5-11-4-12-8-15-11/h4,8-10,13H,5-7H2,1-3H3. The first kappa shape index (κ1) is 12.6. The normalized spacial score (nSPS) is 13.3. The van der Waals surface area contributed by atoms with Gasteiger partial charge in [-0.2, -0.15) is 0 Å². The van der Waals surface area contributed by atoms with Gasteiger partial charge in [0.15, 0.2) is 0 Å². The maximum Gasteiger partial charge on any atom is 0.0794 e. The Morgan fingerprint density at radius 3 is 2.80 bits per heavy atom. The summed E-state index contributed by atoms with van der Waals surface area (Å²) in [6.45, 7) is 8.96. The van der Waals surface area contributed by atoms with E-state index >= 15 is 0 Å². The number of hydrogen-bond acceptors (Lipinski definition) is 4. The number of ether oxygens (including phenoxy) is 1. The van der Waals surface area contributed by atoms with Crippen LogP contribution in [0.3, 0.4) is 0 Å². The van der Waals surface area contributed by atoms with Crippen molar-refractivity contribution in [1.29, 1.82) is 0 Å². The molecule has 0 amide bonds. The van der Waals surface area contributed by atoms with Crippen molar-refractivity contribution in [3.05, 3.63) is 16.6 Å². The van der Waals surface area contributed by atoms with Crippen LogP contribution in [-0.2, 0) is 11.3 Å². The molecule has 0 aliphatic rings. The Labute approximate surface area is 95.9 Å². The first-order valence-corrected chi connectivity index (χ1v) is 6.25. The minimum atomic E-state index is 0.394. The third-order valence-electron chi connectivity index (χ3n) is 1.93. The van der Waals surface area contributed by atoms with Crippen molar-refractivity contribution >= 4 is 11.3 Å². The van der Waals surface area contributed by atoms with Gasteiger partial charge in [0.1, 0.15) is 0 Å². The van der Waals surface area contributed by atoms with Gasteiger partial charge >= 0.3 is 0 Å². The van der Waals surface area contributed by atoms with E-state index in [1.54, 1.807) is 11.3 Å². The van der Waals surface area contributed by atoms with Gasteiger partial charge in [-0.25, -0.2) is 0 Å². The summed E-state index contributed by atoms with van der Waals surface area (Å²) in [5.41, 5.74) is 1.86. The molecule has 0 saturated heterocycles. The Bertz CT molecular complexity index is 249. The van der Waals surface area contributed by atoms with E-state index in [0.29, 0.717) is 12.0 Å². The van der Waals surface area contributed by atoms with Crippen LogP contribution < -0.4 is 5.32 Å². The molecule has 15 heavy (non-hydrogen) atoms. The second-order valence-corrected chi connectivity index (χ2v) is 5.15. The van der Waals surface area contributed by atoms with Crippen molar-refractivity contribution in [2.75, 3.05) is 13.2 Å². The topological polar surface area (TPSA) is 34.1 Å². The Hall–Kier alpha value is -0.450. The zero-order valence-corrected chi connectivity index (χ0v) is 10.5. The fraction of sp³-hybridized carbons (Fsp3) is 0.727. The van der Waals surface area contributed by atoms with E-state index in [4.69, 9.17) is 4.74 Å². The molecule has 0 aromatic carbocycles. The average Bonchev–Trinajstić information content (AvgIpc) is 2.66. The molecule has 0 bridgehead atoms. The zero-order valence-electron chi connectivity index (χ0n) is 9.69. The van der Waals surface area contributed by atoms with Crippen LogP contribution in [0.15, 0.2) is 11.7 Å². The van der Waals surface area contributed by atoms with Gasteiger partial charge in [-0.05, 0) is 12.8 Å². The van der Waals surface area contributed by atoms with Gasteiger partial charge in [-0.15, -0.1) is 11.3 Å². The summed E-state index contributed by atoms with van der Waals surface area (Å²) in [4.78, 5) is 5.30. The number of aromatic nitrogens is 1. The number of hydrogen-bond donors (Lipinski definition) is 1. The molecule has 4 heteroatoms. The molecule has 1 N–H and O–H groups in total. The van der Waals surface area contributed by atoms with Crippen molar-refractivity contribution in [2.45, 2.75) is 33.4 Å². The lowest BCUT2D eigenvalue weighted by Gasteiger charge is -2.14. The summed E-state index contributed by atoms with van der Waals surface area (Å²) in [5, 5.41) is 3.40. The molecular weight excluding hydrogens is 208 g/mol. The Morgan fingerprint density at radius 1 is 1.40 bits per heavy atom. The lowest BCUT2D eigenvalue weighted by atomic mass is 10.2. The second-order valence-electron chi connectivity index (χ2n) is 4.18. The van der Waals surface area contributed by atoms with Gasteiger partial charge in [0.05, 0.1) is 12.1 Å². The van der Waals surface area contributed by atoms with E-state index < -0.39 is 0 Å². The molecule has 1 atom stereocenters. The second kappa shape index (κ2) is 6.93. The summed E-state index contributed by atoms with van der Waals surface area (Å²) in [6, 6.07) is 0.394. The van der Waals surface area contributed by atoms with E-state index in [1.807, 2.05) is 11.7 Å². The predicted molar refractivity (Wildman–Crippen MR) is 64.1 cm³/mol. The molecule has 1 aromatic heterocycles. The number of nitrogens with one attached hydrogen (secondary N) is 1. The first-order chi connectivity index (χ1) is 7.18. The van der Waals surface area contributed by atoms with Crippen molar-refractivity contribution in [3.8, 4) is 0 Å². The third-order valence-corrected chi connectivity index (χ3v) is 2.71. The number of nitrogens with zero attached hydrogens (tertiary/aromatic N) is 1. The van der Waals surface area contributed by atoms with Crippen molar-refractivity contribution in [1.82, 2.24) is 10.3 Å². The van der Waals surface area contributed by atoms with Crippen LogP contribution in [0, 0.1) is 5.92 Å². The molecule has 1 rings (SSSR count). The molecule has 0 radical (unpaired) electrons. The van der Waals surface area contributed by atoms with Crippen molar-refractivity contribution in [3.63, 3.8) is 0 Å². The van der Waals surface area contributed by atoms with Gasteiger partial charge < -0.3 is 10.1 Å². The molecule has 1 heterocycles. The highest BCUT2D eigenvalue weighted by molar-refractivity contribution is 7.09. The molecule has 0 aliphatic heterocycles. The SMILES string of the molecule is CC(C)COCC(C)NCc1cncs1. The van der Waals surface area contributed by atoms with Crippen molar-refractivity contribution < 1.29 is 4.74 Å². The van der Waals surface area contributed by atoms with Crippen LogP contribution in [0.5, 0.6) is 0 Å². The maximum atomic E-state index is 5.55. The molecule has 0 spiro atoms. The molecule has 1 aromatic rings. The summed E-state index contributed by atoms with van der Waals surface area (Å²) < 4.78 is 5.55. The highest BCUT2D eigenvalue weighted by Crippen LogP contribution is 2.04. The lowest BCUT2D eigenvalue weighted by Crippen LogP contribution is -2.30. The van der Waals surface area contributed by atoms with E-state index in [9.17, 15) is 0 Å². The monoisotopic (exact) mass is 228 g/mol. The van der Waals surface area contributed by atoms with E-state index in [-0.39, 0.29) is 0 Å². The maximum absolute atomic E-state index is 5.55. The largest absolute Gasteiger partial charge is 0.380 e. The minimum absolute atomic E-state index is 0.394. The molecule has 0 aliphatic carbocycles. The molecule has 0 fully saturated rings. The van der Waals surface area contributed by atoms with Crippen LogP contribution >= 0.6 is 11.3 Å². The Kier molecular flexibility index (Phi) is 5.83. The van der Waals surface area contributed by atoms with Crippen LogP contribution in [0.2, 0.25) is 0 Å². The highest BCUT2D eigenvalue weighted by Gasteiger charge is 2.03. The third kappa shape index (κ3) is 5.87. The fourth-order valence-corrected chi connectivity index (χ4v) is 1.69. The predicted octanol–water partition coefficient (Wildman–Crippen LogP) is 2.29. The van der Waals surface area contributed by atoms with Crippen LogP contribution in [0.25, 0.3) is 0 Å².